The number of aliphatic hydroxyl groups is 1. The van der Waals surface area contributed by atoms with Gasteiger partial charge in [-0.2, -0.15) is 0 Å². The number of hydrogen-bond acceptors (Lipinski definition) is 4. The fourth-order valence-electron chi connectivity index (χ4n) is 1.53. The smallest absolute Gasteiger partial charge is 0.0953 e. The van der Waals surface area contributed by atoms with Crippen molar-refractivity contribution in [1.82, 2.24) is 4.98 Å². The lowest BCUT2D eigenvalue weighted by Crippen LogP contribution is -2.06. The van der Waals surface area contributed by atoms with Gasteiger partial charge < -0.3 is 16.2 Å². The molecule has 1 aromatic heterocycles. The molecule has 2 rings (SSSR count). The van der Waals surface area contributed by atoms with Gasteiger partial charge in [-0.25, -0.2) is 0 Å². The van der Waals surface area contributed by atoms with Gasteiger partial charge in [-0.1, -0.05) is 0 Å². The zero-order valence-electron chi connectivity index (χ0n) is 8.27. The van der Waals surface area contributed by atoms with Crippen molar-refractivity contribution in [1.29, 1.82) is 0 Å². The normalized spacial score (nSPS) is 10.5. The topological polar surface area (TPSA) is 71.2 Å². The molecule has 0 bridgehead atoms. The highest BCUT2D eigenvalue weighted by molar-refractivity contribution is 5.98. The number of anilines is 2. The van der Waals surface area contributed by atoms with Crippen molar-refractivity contribution in [2.45, 2.75) is 0 Å². The standard InChI is InChI=1S/C11H13N3O/c12-9-3-4-10(13-6-7-15)11-8(9)2-1-5-14-11/h1-5,13,15H,6-7,12H2. The van der Waals surface area contributed by atoms with E-state index in [2.05, 4.69) is 10.3 Å². The van der Waals surface area contributed by atoms with Crippen LogP contribution in [0.1, 0.15) is 0 Å². The number of pyridine rings is 1. The van der Waals surface area contributed by atoms with Crippen molar-refractivity contribution in [3.63, 3.8) is 0 Å². The second-order valence-electron chi connectivity index (χ2n) is 3.25. The minimum Gasteiger partial charge on any atom is -0.398 e. The number of hydrogen-bond donors (Lipinski definition) is 3. The zero-order valence-corrected chi connectivity index (χ0v) is 8.27. The third kappa shape index (κ3) is 1.85. The molecule has 2 aromatic rings. The largest absolute Gasteiger partial charge is 0.398 e. The summed E-state index contributed by atoms with van der Waals surface area (Å²) < 4.78 is 0. The summed E-state index contributed by atoms with van der Waals surface area (Å²) in [5.41, 5.74) is 8.29. The van der Waals surface area contributed by atoms with Crippen molar-refractivity contribution in [3.8, 4) is 0 Å². The first-order chi connectivity index (χ1) is 7.33. The first kappa shape index (κ1) is 9.73. The summed E-state index contributed by atoms with van der Waals surface area (Å²) in [6.07, 6.45) is 1.73. The Morgan fingerprint density at radius 1 is 1.33 bits per heavy atom. The van der Waals surface area contributed by atoms with Crippen molar-refractivity contribution < 1.29 is 5.11 Å². The predicted molar refractivity (Wildman–Crippen MR) is 61.7 cm³/mol. The molecule has 1 aromatic carbocycles. The van der Waals surface area contributed by atoms with Crippen LogP contribution >= 0.6 is 0 Å². The Labute approximate surface area is 87.7 Å². The summed E-state index contributed by atoms with van der Waals surface area (Å²) in [6.45, 7) is 0.605. The van der Waals surface area contributed by atoms with Crippen LogP contribution in [0.2, 0.25) is 0 Å². The quantitative estimate of drug-likeness (QED) is 0.656. The van der Waals surface area contributed by atoms with Crippen LogP contribution in [-0.4, -0.2) is 23.2 Å². The van der Waals surface area contributed by atoms with Gasteiger partial charge in [-0.15, -0.1) is 0 Å². The van der Waals surface area contributed by atoms with Crippen LogP contribution in [0.3, 0.4) is 0 Å². The maximum atomic E-state index is 8.75. The van der Waals surface area contributed by atoms with E-state index in [1.807, 2.05) is 24.3 Å². The molecule has 0 atom stereocenters. The second-order valence-corrected chi connectivity index (χ2v) is 3.25. The third-order valence-corrected chi connectivity index (χ3v) is 2.23. The lowest BCUT2D eigenvalue weighted by Gasteiger charge is -2.09. The van der Waals surface area contributed by atoms with Gasteiger partial charge in [0.25, 0.3) is 0 Å². The molecule has 0 aliphatic carbocycles. The number of fused-ring (bicyclic) bond motifs is 1. The zero-order chi connectivity index (χ0) is 10.7. The number of nitrogens with two attached hydrogens (primary N) is 1. The fourth-order valence-corrected chi connectivity index (χ4v) is 1.53. The van der Waals surface area contributed by atoms with E-state index >= 15 is 0 Å². The van der Waals surface area contributed by atoms with Gasteiger partial charge in [-0.05, 0) is 24.3 Å². The van der Waals surface area contributed by atoms with E-state index in [1.54, 1.807) is 6.20 Å². The summed E-state index contributed by atoms with van der Waals surface area (Å²) in [5.74, 6) is 0. The Bertz CT molecular complexity index is 470. The Balaban J connectivity index is 2.51. The molecule has 0 spiro atoms. The van der Waals surface area contributed by atoms with E-state index in [-0.39, 0.29) is 6.61 Å². The van der Waals surface area contributed by atoms with Crippen molar-refractivity contribution in [3.05, 3.63) is 30.5 Å². The van der Waals surface area contributed by atoms with Crippen molar-refractivity contribution in [2.24, 2.45) is 0 Å². The van der Waals surface area contributed by atoms with Crippen LogP contribution in [0.15, 0.2) is 30.5 Å². The van der Waals surface area contributed by atoms with Gasteiger partial charge >= 0.3 is 0 Å². The monoisotopic (exact) mass is 203 g/mol. The molecule has 0 saturated heterocycles. The van der Waals surface area contributed by atoms with Gasteiger partial charge in [0.15, 0.2) is 0 Å². The lowest BCUT2D eigenvalue weighted by atomic mass is 10.1. The SMILES string of the molecule is Nc1ccc(NCCO)c2ncccc12. The molecule has 4 nitrogen and oxygen atoms in total. The minimum absolute atomic E-state index is 0.0959. The minimum atomic E-state index is 0.0959. The number of nitrogens with one attached hydrogen (secondary N) is 1. The third-order valence-electron chi connectivity index (χ3n) is 2.23. The molecular formula is C11H13N3O. The Hall–Kier alpha value is -1.81. The molecule has 0 radical (unpaired) electrons. The molecule has 0 aliphatic heterocycles. The number of benzene rings is 1. The Kier molecular flexibility index (Phi) is 2.69. The number of aromatic nitrogens is 1. The summed E-state index contributed by atoms with van der Waals surface area (Å²) in [6, 6.07) is 7.50. The van der Waals surface area contributed by atoms with E-state index < -0.39 is 0 Å². The summed E-state index contributed by atoms with van der Waals surface area (Å²) >= 11 is 0. The molecule has 0 fully saturated rings. The molecule has 15 heavy (non-hydrogen) atoms. The maximum Gasteiger partial charge on any atom is 0.0953 e. The van der Waals surface area contributed by atoms with Crippen LogP contribution in [0, 0.1) is 0 Å². The number of nitrogens with zero attached hydrogens (tertiary/aromatic N) is 1. The van der Waals surface area contributed by atoms with Crippen LogP contribution in [0.25, 0.3) is 10.9 Å². The highest BCUT2D eigenvalue weighted by atomic mass is 16.3. The molecule has 78 valence electrons. The van der Waals surface area contributed by atoms with Crippen LogP contribution in [0.4, 0.5) is 11.4 Å². The number of nitrogen functional groups attached to an aromatic ring is 1. The first-order valence-electron chi connectivity index (χ1n) is 4.81. The van der Waals surface area contributed by atoms with E-state index in [1.165, 1.54) is 0 Å². The average molecular weight is 203 g/mol. The Morgan fingerprint density at radius 3 is 3.00 bits per heavy atom. The highest BCUT2D eigenvalue weighted by Gasteiger charge is 2.03. The average Bonchev–Trinajstić information content (AvgIpc) is 2.29. The van der Waals surface area contributed by atoms with E-state index in [4.69, 9.17) is 10.8 Å². The molecule has 0 amide bonds. The summed E-state index contributed by atoms with van der Waals surface area (Å²) in [5, 5.41) is 12.8. The van der Waals surface area contributed by atoms with Gasteiger partial charge in [-0.3, -0.25) is 4.98 Å². The maximum absolute atomic E-state index is 8.75. The molecule has 0 aliphatic rings. The van der Waals surface area contributed by atoms with Crippen molar-refractivity contribution >= 4 is 22.3 Å². The molecule has 4 N–H and O–H groups in total. The summed E-state index contributed by atoms with van der Waals surface area (Å²) in [4.78, 5) is 4.27. The predicted octanol–water partition coefficient (Wildman–Crippen LogP) is 1.22. The molecule has 1 heterocycles. The van der Waals surface area contributed by atoms with Gasteiger partial charge in [0.05, 0.1) is 17.8 Å². The number of aliphatic hydroxyl groups excluding tert-OH is 1. The molecule has 0 unspecified atom stereocenters. The van der Waals surface area contributed by atoms with E-state index in [0.717, 1.165) is 16.6 Å². The van der Waals surface area contributed by atoms with E-state index in [0.29, 0.717) is 12.2 Å². The molecule has 0 saturated carbocycles. The van der Waals surface area contributed by atoms with Crippen LogP contribution in [0.5, 0.6) is 0 Å². The van der Waals surface area contributed by atoms with Gasteiger partial charge in [0.2, 0.25) is 0 Å². The first-order valence-corrected chi connectivity index (χ1v) is 4.81. The van der Waals surface area contributed by atoms with Crippen LogP contribution < -0.4 is 11.1 Å². The van der Waals surface area contributed by atoms with E-state index in [9.17, 15) is 0 Å². The highest BCUT2D eigenvalue weighted by Crippen LogP contribution is 2.25. The second kappa shape index (κ2) is 4.14. The molecular weight excluding hydrogens is 190 g/mol. The van der Waals surface area contributed by atoms with Gasteiger partial charge in [0.1, 0.15) is 0 Å². The summed E-state index contributed by atoms with van der Waals surface area (Å²) in [7, 11) is 0. The van der Waals surface area contributed by atoms with Crippen molar-refractivity contribution in [2.75, 3.05) is 24.2 Å². The van der Waals surface area contributed by atoms with Gasteiger partial charge in [0, 0.05) is 23.8 Å². The molecule has 4 heteroatoms. The lowest BCUT2D eigenvalue weighted by molar-refractivity contribution is 0.311. The Morgan fingerprint density at radius 2 is 2.20 bits per heavy atom. The fraction of sp³-hybridized carbons (Fsp3) is 0.182. The number of rotatable bonds is 3. The van der Waals surface area contributed by atoms with Crippen LogP contribution in [-0.2, 0) is 0 Å².